The lowest BCUT2D eigenvalue weighted by Crippen LogP contribution is -2.14. The van der Waals surface area contributed by atoms with Gasteiger partial charge in [-0.25, -0.2) is 4.98 Å². The number of rotatable bonds is 3. The minimum atomic E-state index is -0.116. The Bertz CT molecular complexity index is 373. The molecule has 4 nitrogen and oxygen atoms in total. The van der Waals surface area contributed by atoms with Crippen molar-refractivity contribution in [3.63, 3.8) is 0 Å². The van der Waals surface area contributed by atoms with Crippen LogP contribution in [0.2, 0.25) is 0 Å². The summed E-state index contributed by atoms with van der Waals surface area (Å²) in [5.74, 6) is 0. The van der Waals surface area contributed by atoms with Crippen molar-refractivity contribution in [2.75, 3.05) is 0 Å². The highest BCUT2D eigenvalue weighted by molar-refractivity contribution is 7.09. The Balaban J connectivity index is 2.07. The van der Waals surface area contributed by atoms with E-state index in [2.05, 4.69) is 15.0 Å². The second-order valence-electron chi connectivity index (χ2n) is 2.87. The van der Waals surface area contributed by atoms with Crippen molar-refractivity contribution < 1.29 is 0 Å². The van der Waals surface area contributed by atoms with E-state index >= 15 is 0 Å². The van der Waals surface area contributed by atoms with E-state index in [0.29, 0.717) is 0 Å². The number of hydrogen-bond donors (Lipinski definition) is 1. The van der Waals surface area contributed by atoms with Crippen molar-refractivity contribution in [1.29, 1.82) is 0 Å². The topological polar surface area (TPSA) is 64.7 Å². The lowest BCUT2D eigenvalue weighted by atomic mass is 10.2. The normalized spacial score (nSPS) is 12.6. The van der Waals surface area contributed by atoms with Crippen LogP contribution in [0.1, 0.15) is 16.7 Å². The molecule has 0 saturated heterocycles. The first kappa shape index (κ1) is 9.23. The summed E-state index contributed by atoms with van der Waals surface area (Å²) in [5, 5.41) is 2.97. The smallest absolute Gasteiger partial charge is 0.0944 e. The number of thiazole rings is 1. The van der Waals surface area contributed by atoms with E-state index in [1.807, 2.05) is 5.38 Å². The van der Waals surface area contributed by atoms with Crippen LogP contribution in [0.4, 0.5) is 0 Å². The van der Waals surface area contributed by atoms with Crippen molar-refractivity contribution in [2.24, 2.45) is 5.73 Å². The van der Waals surface area contributed by atoms with Gasteiger partial charge in [-0.2, -0.15) is 0 Å². The molecule has 0 saturated carbocycles. The Hall–Kier alpha value is -1.33. The molecule has 2 rings (SSSR count). The molecule has 0 aliphatic carbocycles. The van der Waals surface area contributed by atoms with Gasteiger partial charge >= 0.3 is 0 Å². The van der Waals surface area contributed by atoms with Gasteiger partial charge in [0.2, 0.25) is 0 Å². The highest BCUT2D eigenvalue weighted by Crippen LogP contribution is 2.14. The molecule has 0 aliphatic rings. The monoisotopic (exact) mass is 206 g/mol. The predicted octanol–water partition coefficient (Wildman–Crippen LogP) is 1.18. The van der Waals surface area contributed by atoms with E-state index < -0.39 is 0 Å². The van der Waals surface area contributed by atoms with E-state index in [1.54, 1.807) is 36.1 Å². The predicted molar refractivity (Wildman–Crippen MR) is 54.8 cm³/mol. The zero-order valence-corrected chi connectivity index (χ0v) is 8.31. The van der Waals surface area contributed by atoms with Crippen LogP contribution >= 0.6 is 11.3 Å². The van der Waals surface area contributed by atoms with Gasteiger partial charge in [0.1, 0.15) is 0 Å². The molecule has 2 aromatic heterocycles. The van der Waals surface area contributed by atoms with Crippen molar-refractivity contribution in [3.8, 4) is 0 Å². The molecule has 1 atom stereocenters. The molecule has 0 aliphatic heterocycles. The quantitative estimate of drug-likeness (QED) is 0.818. The van der Waals surface area contributed by atoms with E-state index in [9.17, 15) is 0 Å². The van der Waals surface area contributed by atoms with Crippen LogP contribution in [-0.2, 0) is 6.42 Å². The van der Waals surface area contributed by atoms with Gasteiger partial charge in [0, 0.05) is 36.6 Å². The molecule has 2 N–H and O–H groups in total. The average Bonchev–Trinajstić information content (AvgIpc) is 2.72. The van der Waals surface area contributed by atoms with Gasteiger partial charge < -0.3 is 5.73 Å². The molecule has 14 heavy (non-hydrogen) atoms. The number of hydrogen-bond acceptors (Lipinski definition) is 5. The molecule has 0 fully saturated rings. The van der Waals surface area contributed by atoms with Crippen LogP contribution in [-0.4, -0.2) is 15.0 Å². The molecule has 2 aromatic rings. The van der Waals surface area contributed by atoms with E-state index in [0.717, 1.165) is 17.1 Å². The maximum absolute atomic E-state index is 5.95. The number of aromatic nitrogens is 3. The lowest BCUT2D eigenvalue weighted by Gasteiger charge is -2.07. The van der Waals surface area contributed by atoms with Crippen LogP contribution in [0.25, 0.3) is 0 Å². The first-order valence-corrected chi connectivity index (χ1v) is 5.14. The SMILES string of the molecule is NC(Cc1nccs1)c1cnccn1. The third-order valence-corrected chi connectivity index (χ3v) is 2.64. The Morgan fingerprint density at radius 1 is 1.29 bits per heavy atom. The fourth-order valence-corrected chi connectivity index (χ4v) is 1.82. The zero-order chi connectivity index (χ0) is 9.80. The second-order valence-corrected chi connectivity index (χ2v) is 3.85. The molecular formula is C9H10N4S. The summed E-state index contributed by atoms with van der Waals surface area (Å²) in [6.45, 7) is 0. The summed E-state index contributed by atoms with van der Waals surface area (Å²) >= 11 is 1.61. The summed E-state index contributed by atoms with van der Waals surface area (Å²) in [6.07, 6.45) is 7.48. The van der Waals surface area contributed by atoms with Crippen LogP contribution in [0.5, 0.6) is 0 Å². The number of nitrogens with two attached hydrogens (primary N) is 1. The third-order valence-electron chi connectivity index (χ3n) is 1.84. The average molecular weight is 206 g/mol. The van der Waals surface area contributed by atoms with Gasteiger partial charge in [0.05, 0.1) is 16.7 Å². The van der Waals surface area contributed by atoms with Crippen molar-refractivity contribution >= 4 is 11.3 Å². The van der Waals surface area contributed by atoms with Gasteiger partial charge in [-0.15, -0.1) is 11.3 Å². The fourth-order valence-electron chi connectivity index (χ4n) is 1.15. The summed E-state index contributed by atoms with van der Waals surface area (Å²) in [5.41, 5.74) is 6.76. The van der Waals surface area contributed by atoms with Crippen LogP contribution in [0, 0.1) is 0 Å². The molecule has 2 heterocycles. The Morgan fingerprint density at radius 3 is 2.86 bits per heavy atom. The number of nitrogens with zero attached hydrogens (tertiary/aromatic N) is 3. The van der Waals surface area contributed by atoms with Crippen LogP contribution < -0.4 is 5.73 Å². The second kappa shape index (κ2) is 4.26. The van der Waals surface area contributed by atoms with Gasteiger partial charge in [0.15, 0.2) is 0 Å². The zero-order valence-electron chi connectivity index (χ0n) is 7.50. The van der Waals surface area contributed by atoms with Gasteiger partial charge in [-0.3, -0.25) is 9.97 Å². The standard InChI is InChI=1S/C9H10N4S/c10-7(5-9-13-3-4-14-9)8-6-11-1-2-12-8/h1-4,6-7H,5,10H2. The van der Waals surface area contributed by atoms with E-state index in [-0.39, 0.29) is 6.04 Å². The molecule has 5 heteroatoms. The summed E-state index contributed by atoms with van der Waals surface area (Å²) in [4.78, 5) is 12.3. The van der Waals surface area contributed by atoms with E-state index in [4.69, 9.17) is 5.73 Å². The first-order valence-electron chi connectivity index (χ1n) is 4.26. The molecule has 0 amide bonds. The first-order chi connectivity index (χ1) is 6.86. The molecule has 72 valence electrons. The fraction of sp³-hybridized carbons (Fsp3) is 0.222. The minimum absolute atomic E-state index is 0.116. The summed E-state index contributed by atoms with van der Waals surface area (Å²) in [7, 11) is 0. The molecule has 0 radical (unpaired) electrons. The molecular weight excluding hydrogens is 196 g/mol. The third kappa shape index (κ3) is 2.12. The highest BCUT2D eigenvalue weighted by Gasteiger charge is 2.09. The minimum Gasteiger partial charge on any atom is -0.322 e. The largest absolute Gasteiger partial charge is 0.322 e. The van der Waals surface area contributed by atoms with Gasteiger partial charge in [-0.05, 0) is 0 Å². The lowest BCUT2D eigenvalue weighted by molar-refractivity contribution is 0.688. The summed E-state index contributed by atoms with van der Waals surface area (Å²) < 4.78 is 0. The molecule has 1 unspecified atom stereocenters. The molecule has 0 bridgehead atoms. The van der Waals surface area contributed by atoms with Gasteiger partial charge in [0.25, 0.3) is 0 Å². The van der Waals surface area contributed by atoms with Gasteiger partial charge in [-0.1, -0.05) is 0 Å². The summed E-state index contributed by atoms with van der Waals surface area (Å²) in [6, 6.07) is -0.116. The molecule has 0 aromatic carbocycles. The highest BCUT2D eigenvalue weighted by atomic mass is 32.1. The van der Waals surface area contributed by atoms with Crippen molar-refractivity contribution in [1.82, 2.24) is 15.0 Å². The van der Waals surface area contributed by atoms with Crippen molar-refractivity contribution in [3.05, 3.63) is 40.9 Å². The Labute approximate surface area is 85.9 Å². The Kier molecular flexibility index (Phi) is 2.81. The van der Waals surface area contributed by atoms with Crippen molar-refractivity contribution in [2.45, 2.75) is 12.5 Å². The van der Waals surface area contributed by atoms with Crippen LogP contribution in [0.3, 0.4) is 0 Å². The maximum atomic E-state index is 5.95. The van der Waals surface area contributed by atoms with E-state index in [1.165, 1.54) is 0 Å². The molecule has 0 spiro atoms. The van der Waals surface area contributed by atoms with Crippen LogP contribution in [0.15, 0.2) is 30.2 Å². The Morgan fingerprint density at radius 2 is 2.21 bits per heavy atom. The maximum Gasteiger partial charge on any atom is 0.0944 e.